The van der Waals surface area contributed by atoms with Gasteiger partial charge in [-0.15, -0.1) is 0 Å². The van der Waals surface area contributed by atoms with Crippen LogP contribution in [0.5, 0.6) is 0 Å². The maximum Gasteiger partial charge on any atom is 0.0286 e. The smallest absolute Gasteiger partial charge is 0.0286 e. The van der Waals surface area contributed by atoms with E-state index in [1.807, 2.05) is 0 Å². The van der Waals surface area contributed by atoms with Crippen molar-refractivity contribution in [2.45, 2.75) is 77.3 Å². The van der Waals surface area contributed by atoms with E-state index in [0.29, 0.717) is 0 Å². The Kier molecular flexibility index (Phi) is 4.71. The molecule has 18 heavy (non-hydrogen) atoms. The van der Waals surface area contributed by atoms with Crippen LogP contribution in [0, 0.1) is 11.8 Å². The zero-order valence-corrected chi connectivity index (χ0v) is 12.6. The number of nitrogens with zero attached hydrogens (tertiary/aromatic N) is 1. The van der Waals surface area contributed by atoms with E-state index in [-0.39, 0.29) is 5.54 Å². The van der Waals surface area contributed by atoms with Crippen molar-refractivity contribution in [3.8, 4) is 0 Å². The molecule has 0 radical (unpaired) electrons. The first kappa shape index (κ1) is 14.3. The highest BCUT2D eigenvalue weighted by Gasteiger charge is 2.37. The van der Waals surface area contributed by atoms with Crippen molar-refractivity contribution >= 4 is 0 Å². The van der Waals surface area contributed by atoms with Gasteiger partial charge in [-0.2, -0.15) is 0 Å². The van der Waals surface area contributed by atoms with Gasteiger partial charge in [-0.25, -0.2) is 0 Å². The molecule has 2 heteroatoms. The van der Waals surface area contributed by atoms with E-state index in [4.69, 9.17) is 5.73 Å². The predicted octanol–water partition coefficient (Wildman–Crippen LogP) is 3.40. The molecule has 0 spiro atoms. The first-order chi connectivity index (χ1) is 8.48. The number of hydrogen-bond acceptors (Lipinski definition) is 2. The second-order valence-electron chi connectivity index (χ2n) is 7.45. The van der Waals surface area contributed by atoms with E-state index < -0.39 is 0 Å². The zero-order chi connectivity index (χ0) is 13.2. The molecule has 0 aliphatic heterocycles. The summed E-state index contributed by atoms with van der Waals surface area (Å²) in [5.74, 6) is 1.64. The van der Waals surface area contributed by atoms with Gasteiger partial charge in [-0.1, -0.05) is 33.6 Å². The van der Waals surface area contributed by atoms with E-state index >= 15 is 0 Å². The molecule has 2 atom stereocenters. The van der Waals surface area contributed by atoms with E-state index in [1.165, 1.54) is 51.5 Å². The Morgan fingerprint density at radius 1 is 1.28 bits per heavy atom. The van der Waals surface area contributed by atoms with Crippen LogP contribution in [0.2, 0.25) is 0 Å². The Labute approximate surface area is 113 Å². The van der Waals surface area contributed by atoms with Crippen LogP contribution in [0.25, 0.3) is 0 Å². The van der Waals surface area contributed by atoms with Crippen LogP contribution in [0.1, 0.15) is 65.7 Å². The van der Waals surface area contributed by atoms with Crippen LogP contribution in [0.15, 0.2) is 0 Å². The summed E-state index contributed by atoms with van der Waals surface area (Å²) >= 11 is 0. The Morgan fingerprint density at radius 2 is 2.00 bits per heavy atom. The highest BCUT2D eigenvalue weighted by molar-refractivity contribution is 4.96. The van der Waals surface area contributed by atoms with Crippen LogP contribution >= 0.6 is 0 Å². The van der Waals surface area contributed by atoms with Crippen LogP contribution in [0.3, 0.4) is 0 Å². The highest BCUT2D eigenvalue weighted by atomic mass is 15.2. The minimum Gasteiger partial charge on any atom is -0.324 e. The number of hydrogen-bond donors (Lipinski definition) is 1. The van der Waals surface area contributed by atoms with Gasteiger partial charge in [0, 0.05) is 18.1 Å². The lowest BCUT2D eigenvalue weighted by Crippen LogP contribution is -2.53. The molecule has 2 aliphatic carbocycles. The van der Waals surface area contributed by atoms with Gasteiger partial charge in [0.1, 0.15) is 0 Å². The van der Waals surface area contributed by atoms with E-state index in [1.54, 1.807) is 0 Å². The third kappa shape index (κ3) is 4.24. The topological polar surface area (TPSA) is 29.3 Å². The average Bonchev–Trinajstić information content (AvgIpc) is 3.07. The molecular weight excluding hydrogens is 220 g/mol. The average molecular weight is 252 g/mol. The second kappa shape index (κ2) is 5.92. The Morgan fingerprint density at radius 3 is 2.56 bits per heavy atom. The lowest BCUT2D eigenvalue weighted by molar-refractivity contribution is 0.140. The maximum absolute atomic E-state index is 6.68. The molecule has 2 rings (SSSR count). The molecule has 0 aromatic carbocycles. The van der Waals surface area contributed by atoms with E-state index in [2.05, 4.69) is 25.7 Å². The lowest BCUT2D eigenvalue weighted by Gasteiger charge is -2.41. The molecule has 2 nitrogen and oxygen atoms in total. The summed E-state index contributed by atoms with van der Waals surface area (Å²) in [6.45, 7) is 9.43. The Bertz CT molecular complexity index is 260. The van der Waals surface area contributed by atoms with E-state index in [9.17, 15) is 0 Å². The molecule has 0 bridgehead atoms. The largest absolute Gasteiger partial charge is 0.324 e. The van der Waals surface area contributed by atoms with Gasteiger partial charge in [0.05, 0.1) is 0 Å². The first-order valence-corrected chi connectivity index (χ1v) is 8.01. The Balaban J connectivity index is 1.86. The van der Waals surface area contributed by atoms with Gasteiger partial charge in [0.15, 0.2) is 0 Å². The SMILES string of the molecule is CC(C)CCN(CC1(N)CCCC(C)C1)C1CC1. The molecule has 0 aromatic rings. The van der Waals surface area contributed by atoms with Crippen molar-refractivity contribution in [2.24, 2.45) is 17.6 Å². The fourth-order valence-electron chi connectivity index (χ4n) is 3.50. The van der Waals surface area contributed by atoms with Gasteiger partial charge in [-0.3, -0.25) is 4.90 Å². The quantitative estimate of drug-likeness (QED) is 0.785. The molecule has 0 aromatic heterocycles. The van der Waals surface area contributed by atoms with Crippen molar-refractivity contribution in [3.05, 3.63) is 0 Å². The van der Waals surface area contributed by atoms with Crippen molar-refractivity contribution in [1.29, 1.82) is 0 Å². The van der Waals surface area contributed by atoms with Crippen molar-refractivity contribution in [3.63, 3.8) is 0 Å². The van der Waals surface area contributed by atoms with Gasteiger partial charge in [0.2, 0.25) is 0 Å². The number of rotatable bonds is 6. The molecular formula is C16H32N2. The minimum absolute atomic E-state index is 0.108. The molecule has 0 saturated heterocycles. The summed E-state index contributed by atoms with van der Waals surface area (Å²) in [5.41, 5.74) is 6.79. The molecule has 2 N–H and O–H groups in total. The first-order valence-electron chi connectivity index (χ1n) is 8.01. The Hall–Kier alpha value is -0.0800. The molecule has 2 aliphatic rings. The molecule has 2 saturated carbocycles. The fourth-order valence-corrected chi connectivity index (χ4v) is 3.50. The fraction of sp³-hybridized carbons (Fsp3) is 1.00. The van der Waals surface area contributed by atoms with Crippen LogP contribution in [0.4, 0.5) is 0 Å². The lowest BCUT2D eigenvalue weighted by atomic mass is 9.76. The van der Waals surface area contributed by atoms with Gasteiger partial charge in [-0.05, 0) is 50.5 Å². The third-order valence-electron chi connectivity index (χ3n) is 4.70. The summed E-state index contributed by atoms with van der Waals surface area (Å²) in [6, 6.07) is 0.862. The summed E-state index contributed by atoms with van der Waals surface area (Å²) in [5, 5.41) is 0. The van der Waals surface area contributed by atoms with Crippen LogP contribution < -0.4 is 5.73 Å². The molecule has 2 fully saturated rings. The van der Waals surface area contributed by atoms with E-state index in [0.717, 1.165) is 24.4 Å². The number of nitrogens with two attached hydrogens (primary N) is 1. The zero-order valence-electron chi connectivity index (χ0n) is 12.6. The van der Waals surface area contributed by atoms with Gasteiger partial charge in [0.25, 0.3) is 0 Å². The highest BCUT2D eigenvalue weighted by Crippen LogP contribution is 2.34. The molecule has 0 amide bonds. The van der Waals surface area contributed by atoms with Gasteiger partial charge >= 0.3 is 0 Å². The monoisotopic (exact) mass is 252 g/mol. The molecule has 106 valence electrons. The van der Waals surface area contributed by atoms with Crippen LogP contribution in [-0.4, -0.2) is 29.6 Å². The molecule has 0 heterocycles. The van der Waals surface area contributed by atoms with Crippen molar-refractivity contribution in [1.82, 2.24) is 4.90 Å². The van der Waals surface area contributed by atoms with Gasteiger partial charge < -0.3 is 5.73 Å². The molecule has 2 unspecified atom stereocenters. The summed E-state index contributed by atoms with van der Waals surface area (Å²) < 4.78 is 0. The summed E-state index contributed by atoms with van der Waals surface area (Å²) in [4.78, 5) is 2.71. The predicted molar refractivity (Wildman–Crippen MR) is 78.6 cm³/mol. The second-order valence-corrected chi connectivity index (χ2v) is 7.45. The summed E-state index contributed by atoms with van der Waals surface area (Å²) in [6.07, 6.45) is 9.32. The van der Waals surface area contributed by atoms with Crippen molar-refractivity contribution in [2.75, 3.05) is 13.1 Å². The summed E-state index contributed by atoms with van der Waals surface area (Å²) in [7, 11) is 0. The third-order valence-corrected chi connectivity index (χ3v) is 4.70. The minimum atomic E-state index is 0.108. The van der Waals surface area contributed by atoms with Crippen molar-refractivity contribution < 1.29 is 0 Å². The maximum atomic E-state index is 6.68. The van der Waals surface area contributed by atoms with Crippen LogP contribution in [-0.2, 0) is 0 Å². The standard InChI is InChI=1S/C16H32N2/c1-13(2)8-10-18(15-6-7-15)12-16(17)9-4-5-14(3)11-16/h13-15H,4-12,17H2,1-3H3. The normalized spacial score (nSPS) is 33.3.